The van der Waals surface area contributed by atoms with Gasteiger partial charge in [-0.1, -0.05) is 51.4 Å². The smallest absolute Gasteiger partial charge is 0.322 e. The third-order valence-corrected chi connectivity index (χ3v) is 8.46. The number of urea groups is 1. The highest BCUT2D eigenvalue weighted by atomic mass is 35.5. The van der Waals surface area contributed by atoms with Gasteiger partial charge in [-0.05, 0) is 49.3 Å². The normalized spacial score (nSPS) is 30.3. The van der Waals surface area contributed by atoms with Gasteiger partial charge in [-0.25, -0.2) is 4.79 Å². The van der Waals surface area contributed by atoms with Gasteiger partial charge in [0.25, 0.3) is 5.91 Å². The minimum absolute atomic E-state index is 0.161. The van der Waals surface area contributed by atoms with Crippen LogP contribution in [0.15, 0.2) is 24.3 Å². The van der Waals surface area contributed by atoms with E-state index in [0.29, 0.717) is 37.4 Å². The monoisotopic (exact) mass is 518 g/mol. The van der Waals surface area contributed by atoms with Gasteiger partial charge in [0.05, 0.1) is 5.60 Å². The predicted octanol–water partition coefficient (Wildman–Crippen LogP) is 2.31. The molecule has 1 saturated carbocycles. The molecule has 4 rings (SSSR count). The Morgan fingerprint density at radius 1 is 1.17 bits per heavy atom. The zero-order valence-electron chi connectivity index (χ0n) is 21.2. The van der Waals surface area contributed by atoms with Gasteiger partial charge in [0.15, 0.2) is 0 Å². The number of halogens is 1. The molecule has 2 saturated heterocycles. The third kappa shape index (κ3) is 4.59. The zero-order chi connectivity index (χ0) is 26.5. The molecule has 2 heterocycles. The Morgan fingerprint density at radius 2 is 1.83 bits per heavy atom. The fourth-order valence-corrected chi connectivity index (χ4v) is 6.00. The zero-order valence-corrected chi connectivity index (χ0v) is 21.9. The second kappa shape index (κ2) is 9.34. The molecular formula is C26H35ClN4O5. The number of aliphatic hydroxyl groups is 1. The molecule has 1 aliphatic carbocycles. The molecule has 3 aliphatic rings. The molecule has 0 bridgehead atoms. The van der Waals surface area contributed by atoms with Crippen molar-refractivity contribution in [3.63, 3.8) is 0 Å². The average Bonchev–Trinajstić information content (AvgIpc) is 3.35. The highest BCUT2D eigenvalue weighted by Crippen LogP contribution is 2.46. The van der Waals surface area contributed by atoms with E-state index in [1.165, 1.54) is 0 Å². The van der Waals surface area contributed by atoms with Gasteiger partial charge >= 0.3 is 6.03 Å². The number of carbonyl (C=O) groups is 4. The second-order valence-electron chi connectivity index (χ2n) is 11.4. The van der Waals surface area contributed by atoms with E-state index in [9.17, 15) is 24.3 Å². The Balaban J connectivity index is 1.44. The van der Waals surface area contributed by atoms with Crippen LogP contribution < -0.4 is 16.0 Å². The number of nitrogens with zero attached hydrogens (tertiary/aromatic N) is 1. The van der Waals surface area contributed by atoms with Gasteiger partial charge in [0, 0.05) is 29.4 Å². The first-order chi connectivity index (χ1) is 16.8. The molecule has 5 amide bonds. The Bertz CT molecular complexity index is 1070. The molecule has 1 aromatic carbocycles. The summed E-state index contributed by atoms with van der Waals surface area (Å²) in [6.45, 7) is 8.29. The number of amides is 5. The molecule has 9 nitrogen and oxygen atoms in total. The molecule has 4 N–H and O–H groups in total. The molecule has 10 heteroatoms. The third-order valence-electron chi connectivity index (χ3n) is 8.21. The van der Waals surface area contributed by atoms with Crippen molar-refractivity contribution in [2.75, 3.05) is 13.1 Å². The Morgan fingerprint density at radius 3 is 2.39 bits per heavy atom. The van der Waals surface area contributed by atoms with E-state index in [0.717, 1.165) is 5.56 Å². The van der Waals surface area contributed by atoms with E-state index in [-0.39, 0.29) is 24.2 Å². The molecule has 0 radical (unpaired) electrons. The molecule has 0 aromatic heterocycles. The first kappa shape index (κ1) is 26.4. The van der Waals surface area contributed by atoms with E-state index in [1.807, 2.05) is 39.8 Å². The summed E-state index contributed by atoms with van der Waals surface area (Å²) in [6.07, 6.45) is 1.39. The first-order valence-corrected chi connectivity index (χ1v) is 12.9. The topological polar surface area (TPSA) is 128 Å². The van der Waals surface area contributed by atoms with E-state index >= 15 is 0 Å². The Labute approximate surface area is 216 Å². The van der Waals surface area contributed by atoms with Crippen molar-refractivity contribution < 1.29 is 24.3 Å². The molecule has 4 unspecified atom stereocenters. The lowest BCUT2D eigenvalue weighted by Crippen LogP contribution is -2.60. The molecule has 1 aromatic rings. The fraction of sp³-hybridized carbons (Fsp3) is 0.615. The van der Waals surface area contributed by atoms with Crippen LogP contribution in [-0.2, 0) is 20.0 Å². The van der Waals surface area contributed by atoms with E-state index in [2.05, 4.69) is 16.0 Å². The van der Waals surface area contributed by atoms with E-state index in [1.54, 1.807) is 17.0 Å². The van der Waals surface area contributed by atoms with Crippen LogP contribution in [0.3, 0.4) is 0 Å². The predicted molar refractivity (Wildman–Crippen MR) is 134 cm³/mol. The fourth-order valence-electron chi connectivity index (χ4n) is 5.87. The van der Waals surface area contributed by atoms with Crippen molar-refractivity contribution >= 4 is 35.4 Å². The molecule has 196 valence electrons. The van der Waals surface area contributed by atoms with Crippen molar-refractivity contribution in [1.29, 1.82) is 0 Å². The Kier molecular flexibility index (Phi) is 6.85. The average molecular weight is 519 g/mol. The van der Waals surface area contributed by atoms with E-state index in [4.69, 9.17) is 11.6 Å². The largest absolute Gasteiger partial charge is 0.384 e. The quantitative estimate of drug-likeness (QED) is 0.445. The van der Waals surface area contributed by atoms with Crippen LogP contribution in [-0.4, -0.2) is 58.4 Å². The number of benzene rings is 1. The molecule has 3 fully saturated rings. The summed E-state index contributed by atoms with van der Waals surface area (Å²) in [5.41, 5.74) is -2.06. The van der Waals surface area contributed by atoms with Gasteiger partial charge in [-0.2, -0.15) is 0 Å². The SMILES string of the molecule is CC(C)C(NC(=O)C1CCC2(C1)NC(=O)NC2=O)C(=O)N1CCC(O)(c2ccc(Cl)cc2)C(C)(C)C1. The van der Waals surface area contributed by atoms with Crippen molar-refractivity contribution in [3.05, 3.63) is 34.9 Å². The van der Waals surface area contributed by atoms with Gasteiger partial charge in [-0.3, -0.25) is 19.7 Å². The minimum Gasteiger partial charge on any atom is -0.384 e. The van der Waals surface area contributed by atoms with Crippen LogP contribution in [0, 0.1) is 17.3 Å². The van der Waals surface area contributed by atoms with E-state index < -0.39 is 40.5 Å². The van der Waals surface area contributed by atoms with Crippen molar-refractivity contribution in [3.8, 4) is 0 Å². The maximum Gasteiger partial charge on any atom is 0.322 e. The van der Waals surface area contributed by atoms with Gasteiger partial charge in [0.2, 0.25) is 11.8 Å². The van der Waals surface area contributed by atoms with Crippen LogP contribution in [0.25, 0.3) is 0 Å². The number of likely N-dealkylation sites (tertiary alicyclic amines) is 1. The number of rotatable bonds is 5. The highest BCUT2D eigenvalue weighted by Gasteiger charge is 2.53. The molecule has 2 aliphatic heterocycles. The summed E-state index contributed by atoms with van der Waals surface area (Å²) in [5, 5.41) is 20.0. The number of hydrogen-bond donors (Lipinski definition) is 4. The summed E-state index contributed by atoms with van der Waals surface area (Å²) in [4.78, 5) is 52.3. The number of carbonyl (C=O) groups excluding carboxylic acids is 4. The van der Waals surface area contributed by atoms with Gasteiger partial charge in [-0.15, -0.1) is 0 Å². The molecule has 4 atom stereocenters. The number of hydrogen-bond acceptors (Lipinski definition) is 5. The number of piperidine rings is 1. The minimum atomic E-state index is -1.13. The maximum absolute atomic E-state index is 13.6. The standard InChI is InChI=1S/C26H35ClN4O5/c1-15(2)19(28-20(32)16-9-10-25(13-16)22(34)29-23(35)30-25)21(33)31-12-11-26(36,24(3,4)14-31)17-5-7-18(27)8-6-17/h5-8,15-16,19,36H,9-14H2,1-4H3,(H,28,32)(H2,29,30,34,35). The highest BCUT2D eigenvalue weighted by molar-refractivity contribution is 6.30. The molecule has 36 heavy (non-hydrogen) atoms. The molecular weight excluding hydrogens is 484 g/mol. The number of imide groups is 1. The maximum atomic E-state index is 13.6. The summed E-state index contributed by atoms with van der Waals surface area (Å²) < 4.78 is 0. The van der Waals surface area contributed by atoms with Gasteiger partial charge in [0.1, 0.15) is 11.6 Å². The second-order valence-corrected chi connectivity index (χ2v) is 11.9. The van der Waals surface area contributed by atoms with Crippen LogP contribution >= 0.6 is 11.6 Å². The summed E-state index contributed by atoms with van der Waals surface area (Å²) in [5.74, 6) is -1.52. The van der Waals surface area contributed by atoms with Crippen LogP contribution in [0.4, 0.5) is 4.79 Å². The van der Waals surface area contributed by atoms with Crippen LogP contribution in [0.5, 0.6) is 0 Å². The summed E-state index contributed by atoms with van der Waals surface area (Å²) in [6, 6.07) is 5.86. The van der Waals surface area contributed by atoms with Gasteiger partial charge < -0.3 is 20.6 Å². The lowest BCUT2D eigenvalue weighted by atomic mass is 9.66. The van der Waals surface area contributed by atoms with Crippen LogP contribution in [0.1, 0.15) is 58.9 Å². The summed E-state index contributed by atoms with van der Waals surface area (Å²) in [7, 11) is 0. The lowest BCUT2D eigenvalue weighted by Gasteiger charge is -2.51. The lowest BCUT2D eigenvalue weighted by molar-refractivity contribution is -0.157. The van der Waals surface area contributed by atoms with Crippen molar-refractivity contribution in [2.45, 2.75) is 70.6 Å². The van der Waals surface area contributed by atoms with Crippen molar-refractivity contribution in [1.82, 2.24) is 20.9 Å². The number of nitrogens with one attached hydrogen (secondary N) is 3. The van der Waals surface area contributed by atoms with Crippen molar-refractivity contribution in [2.24, 2.45) is 17.3 Å². The van der Waals surface area contributed by atoms with Crippen LogP contribution in [0.2, 0.25) is 5.02 Å². The Hall–Kier alpha value is -2.65. The summed E-state index contributed by atoms with van der Waals surface area (Å²) >= 11 is 6.03. The first-order valence-electron chi connectivity index (χ1n) is 12.5. The molecule has 1 spiro atoms.